The number of aromatic hydroxyl groups is 2. The minimum absolute atomic E-state index is 0.00913. The number of benzene rings is 1. The van der Waals surface area contributed by atoms with E-state index in [2.05, 4.69) is 29.1 Å². The molecule has 0 aliphatic carbocycles. The number of nitrogens with one attached hydrogen (secondary N) is 1. The maximum Gasteiger partial charge on any atom is 0.142 e. The van der Waals surface area contributed by atoms with Crippen LogP contribution in [-0.2, 0) is 4.74 Å². The van der Waals surface area contributed by atoms with Crippen molar-refractivity contribution in [2.75, 3.05) is 31.5 Å². The van der Waals surface area contributed by atoms with Gasteiger partial charge in [-0.05, 0) is 32.1 Å². The Labute approximate surface area is 142 Å². The zero-order chi connectivity index (χ0) is 17.5. The summed E-state index contributed by atoms with van der Waals surface area (Å²) < 4.78 is 5.70. The van der Waals surface area contributed by atoms with Crippen LogP contribution in [0, 0.1) is 0 Å². The molecule has 1 aliphatic rings. The maximum atomic E-state index is 9.65. The number of aliphatic imine (C=N–C) groups is 1. The molecule has 24 heavy (non-hydrogen) atoms. The van der Waals surface area contributed by atoms with Crippen LogP contribution in [0.15, 0.2) is 35.5 Å². The van der Waals surface area contributed by atoms with Gasteiger partial charge in [0.2, 0.25) is 0 Å². The molecular weight excluding hydrogens is 308 g/mol. The lowest BCUT2D eigenvalue weighted by atomic mass is 10.2. The summed E-state index contributed by atoms with van der Waals surface area (Å²) in [6.07, 6.45) is 3.73. The smallest absolute Gasteiger partial charge is 0.142 e. The van der Waals surface area contributed by atoms with Crippen molar-refractivity contribution in [2.45, 2.75) is 26.1 Å². The number of morpholine rings is 1. The van der Waals surface area contributed by atoms with Crippen LogP contribution in [0.2, 0.25) is 0 Å². The first-order valence-corrected chi connectivity index (χ1v) is 8.07. The second-order valence-corrected chi connectivity index (χ2v) is 6.00. The fourth-order valence-electron chi connectivity index (χ4n) is 2.70. The van der Waals surface area contributed by atoms with Crippen LogP contribution < -0.4 is 11.1 Å². The maximum absolute atomic E-state index is 9.65. The highest BCUT2D eigenvalue weighted by Gasteiger charge is 2.21. The van der Waals surface area contributed by atoms with Crippen molar-refractivity contribution in [1.82, 2.24) is 4.90 Å². The third kappa shape index (κ3) is 5.75. The van der Waals surface area contributed by atoms with Crippen LogP contribution in [-0.4, -0.2) is 59.3 Å². The Morgan fingerprint density at radius 2 is 2.08 bits per heavy atom. The van der Waals surface area contributed by atoms with Gasteiger partial charge in [0.05, 0.1) is 24.4 Å². The van der Waals surface area contributed by atoms with Gasteiger partial charge in [-0.2, -0.15) is 0 Å². The molecule has 2 unspecified atom stereocenters. The van der Waals surface area contributed by atoms with E-state index in [0.717, 1.165) is 19.6 Å². The molecular formula is C17H26N4O3. The van der Waals surface area contributed by atoms with Crippen LogP contribution in [0.25, 0.3) is 0 Å². The average Bonchev–Trinajstić information content (AvgIpc) is 2.48. The first kappa shape index (κ1) is 18.1. The number of phenolic OH excluding ortho intramolecular Hbond substituents is 2. The van der Waals surface area contributed by atoms with Crippen molar-refractivity contribution >= 4 is 11.5 Å². The molecule has 1 heterocycles. The van der Waals surface area contributed by atoms with E-state index in [1.165, 1.54) is 12.1 Å². The van der Waals surface area contributed by atoms with E-state index in [1.807, 2.05) is 0 Å². The summed E-state index contributed by atoms with van der Waals surface area (Å²) in [4.78, 5) is 6.64. The standard InChI is InChI=1S/C17H26N4O3/c1-12-10-21(11-13(2)24-12)8-7-20-17(18)5-6-19-15-4-3-14(22)9-16(15)23/h3-6,9,12-13,19,22-23H,7-8,10-11H2,1-2H3,(H2,18,20)/b6-5-. The quantitative estimate of drug-likeness (QED) is 0.272. The van der Waals surface area contributed by atoms with Crippen LogP contribution in [0.5, 0.6) is 11.5 Å². The molecule has 1 aromatic carbocycles. The Balaban J connectivity index is 1.77. The number of anilines is 1. The van der Waals surface area contributed by atoms with Gasteiger partial charge in [0.25, 0.3) is 0 Å². The molecule has 0 radical (unpaired) electrons. The Bertz CT molecular complexity index is 593. The fourth-order valence-corrected chi connectivity index (χ4v) is 2.70. The van der Waals surface area contributed by atoms with E-state index < -0.39 is 0 Å². The molecule has 1 aromatic rings. The van der Waals surface area contributed by atoms with Crippen molar-refractivity contribution < 1.29 is 14.9 Å². The van der Waals surface area contributed by atoms with Crippen LogP contribution in [0.3, 0.4) is 0 Å². The van der Waals surface area contributed by atoms with Gasteiger partial charge in [0.15, 0.2) is 0 Å². The molecule has 7 nitrogen and oxygen atoms in total. The van der Waals surface area contributed by atoms with Crippen molar-refractivity contribution in [1.29, 1.82) is 0 Å². The number of phenols is 2. The van der Waals surface area contributed by atoms with E-state index in [4.69, 9.17) is 10.5 Å². The Morgan fingerprint density at radius 3 is 2.75 bits per heavy atom. The Morgan fingerprint density at radius 1 is 1.38 bits per heavy atom. The average molecular weight is 334 g/mol. The third-order valence-corrected chi connectivity index (χ3v) is 3.68. The highest BCUT2D eigenvalue weighted by Crippen LogP contribution is 2.26. The summed E-state index contributed by atoms with van der Waals surface area (Å²) in [6.45, 7) is 7.45. The summed E-state index contributed by atoms with van der Waals surface area (Å²) in [5.74, 6) is 0.385. The monoisotopic (exact) mass is 334 g/mol. The van der Waals surface area contributed by atoms with Gasteiger partial charge < -0.3 is 26.0 Å². The largest absolute Gasteiger partial charge is 0.508 e. The van der Waals surface area contributed by atoms with E-state index in [-0.39, 0.29) is 23.7 Å². The normalized spacial score (nSPS) is 22.8. The Kier molecular flexibility index (Phi) is 6.45. The molecule has 1 fully saturated rings. The van der Waals surface area contributed by atoms with Gasteiger partial charge in [-0.15, -0.1) is 0 Å². The number of hydrogen-bond donors (Lipinski definition) is 4. The van der Waals surface area contributed by atoms with E-state index in [1.54, 1.807) is 18.3 Å². The lowest BCUT2D eigenvalue weighted by molar-refractivity contribution is -0.0669. The van der Waals surface area contributed by atoms with Gasteiger partial charge in [-0.25, -0.2) is 0 Å². The molecule has 2 rings (SSSR count). The molecule has 1 saturated heterocycles. The highest BCUT2D eigenvalue weighted by molar-refractivity contribution is 5.91. The predicted molar refractivity (Wildman–Crippen MR) is 95.5 cm³/mol. The van der Waals surface area contributed by atoms with E-state index >= 15 is 0 Å². The molecule has 1 aliphatic heterocycles. The first-order valence-electron chi connectivity index (χ1n) is 8.07. The zero-order valence-corrected chi connectivity index (χ0v) is 14.1. The second-order valence-electron chi connectivity index (χ2n) is 6.00. The predicted octanol–water partition coefficient (Wildman–Crippen LogP) is 1.49. The molecule has 5 N–H and O–H groups in total. The number of rotatable bonds is 6. The highest BCUT2D eigenvalue weighted by atomic mass is 16.5. The van der Waals surface area contributed by atoms with Crippen LogP contribution in [0.4, 0.5) is 5.69 Å². The summed E-state index contributed by atoms with van der Waals surface area (Å²) in [5, 5.41) is 21.8. The van der Waals surface area contributed by atoms with Crippen LogP contribution >= 0.6 is 0 Å². The van der Waals surface area contributed by atoms with Crippen LogP contribution in [0.1, 0.15) is 13.8 Å². The number of hydrogen-bond acceptors (Lipinski definition) is 6. The first-order chi connectivity index (χ1) is 11.4. The molecule has 0 aromatic heterocycles. The van der Waals surface area contributed by atoms with Crippen molar-refractivity contribution in [3.05, 3.63) is 30.5 Å². The summed E-state index contributed by atoms with van der Waals surface area (Å²) in [5.41, 5.74) is 6.33. The number of amidine groups is 1. The molecule has 2 atom stereocenters. The van der Waals surface area contributed by atoms with Gasteiger partial charge in [-0.1, -0.05) is 0 Å². The van der Waals surface area contributed by atoms with Crippen molar-refractivity contribution in [2.24, 2.45) is 10.7 Å². The summed E-state index contributed by atoms with van der Waals surface area (Å²) >= 11 is 0. The van der Waals surface area contributed by atoms with Gasteiger partial charge in [0.1, 0.15) is 17.3 Å². The molecule has 0 spiro atoms. The summed E-state index contributed by atoms with van der Waals surface area (Å²) in [7, 11) is 0. The molecule has 7 heteroatoms. The SMILES string of the molecule is CC1CN(CCN=C(N)/C=C\Nc2ccc(O)cc2O)CC(C)O1. The second kappa shape index (κ2) is 8.56. The summed E-state index contributed by atoms with van der Waals surface area (Å²) in [6, 6.07) is 4.32. The molecule has 0 saturated carbocycles. The third-order valence-electron chi connectivity index (χ3n) is 3.68. The number of ether oxygens (including phenoxy) is 1. The van der Waals surface area contributed by atoms with Gasteiger partial charge >= 0.3 is 0 Å². The molecule has 132 valence electrons. The fraction of sp³-hybridized carbons (Fsp3) is 0.471. The lowest BCUT2D eigenvalue weighted by Gasteiger charge is -2.34. The Hall–Kier alpha value is -2.25. The number of nitrogens with zero attached hydrogens (tertiary/aromatic N) is 2. The minimum Gasteiger partial charge on any atom is -0.508 e. The van der Waals surface area contributed by atoms with Crippen molar-refractivity contribution in [3.63, 3.8) is 0 Å². The molecule has 0 amide bonds. The van der Waals surface area contributed by atoms with Gasteiger partial charge in [-0.3, -0.25) is 9.89 Å². The topological polar surface area (TPSA) is 103 Å². The van der Waals surface area contributed by atoms with E-state index in [9.17, 15) is 10.2 Å². The minimum atomic E-state index is -0.0364. The lowest BCUT2D eigenvalue weighted by Crippen LogP contribution is -2.46. The van der Waals surface area contributed by atoms with Crippen molar-refractivity contribution in [3.8, 4) is 11.5 Å². The zero-order valence-electron chi connectivity index (χ0n) is 14.1. The number of nitrogens with two attached hydrogens (primary N) is 1. The van der Waals surface area contributed by atoms with E-state index in [0.29, 0.717) is 18.1 Å². The molecule has 0 bridgehead atoms. The van der Waals surface area contributed by atoms with Gasteiger partial charge in [0, 0.05) is 31.9 Å².